The third kappa shape index (κ3) is 5.72. The van der Waals surface area contributed by atoms with Gasteiger partial charge in [-0.1, -0.05) is 20.4 Å². The summed E-state index contributed by atoms with van der Waals surface area (Å²) in [5, 5.41) is 12.1. The fourth-order valence-corrected chi connectivity index (χ4v) is 1.13. The summed E-state index contributed by atoms with van der Waals surface area (Å²) in [6, 6.07) is 0. The molecule has 0 aliphatic carbocycles. The topological polar surface area (TPSA) is 52.6 Å². The van der Waals surface area contributed by atoms with Gasteiger partial charge >= 0.3 is 0 Å². The van der Waals surface area contributed by atoms with Crippen molar-refractivity contribution in [1.82, 2.24) is 10.2 Å². The molecule has 4 nitrogen and oxygen atoms in total. The highest BCUT2D eigenvalue weighted by atomic mass is 16.3. The SMILES string of the molecule is C=CC(=O)NCC(O)CN(CC)CC. The third-order valence-electron chi connectivity index (χ3n) is 2.06. The molecule has 0 heterocycles. The predicted molar refractivity (Wildman–Crippen MR) is 57.0 cm³/mol. The first-order valence-electron chi connectivity index (χ1n) is 4.94. The van der Waals surface area contributed by atoms with Crippen LogP contribution in [0, 0.1) is 0 Å². The zero-order valence-corrected chi connectivity index (χ0v) is 8.99. The standard InChI is InChI=1S/C10H20N2O2/c1-4-10(14)11-7-9(13)8-12(5-2)6-3/h4,9,13H,1,5-8H2,2-3H3,(H,11,14). The van der Waals surface area contributed by atoms with E-state index in [2.05, 4.69) is 16.8 Å². The summed E-state index contributed by atoms with van der Waals surface area (Å²) in [7, 11) is 0. The molecule has 0 spiro atoms. The Balaban J connectivity index is 3.68. The first-order valence-corrected chi connectivity index (χ1v) is 4.94. The lowest BCUT2D eigenvalue weighted by atomic mass is 10.3. The zero-order valence-electron chi connectivity index (χ0n) is 8.99. The van der Waals surface area contributed by atoms with Crippen LogP contribution in [-0.4, -0.2) is 48.2 Å². The van der Waals surface area contributed by atoms with Gasteiger partial charge in [0.1, 0.15) is 0 Å². The van der Waals surface area contributed by atoms with Crippen molar-refractivity contribution in [3.8, 4) is 0 Å². The fourth-order valence-electron chi connectivity index (χ4n) is 1.13. The van der Waals surface area contributed by atoms with Crippen LogP contribution in [0.5, 0.6) is 0 Å². The van der Waals surface area contributed by atoms with Gasteiger partial charge in [0.05, 0.1) is 6.10 Å². The molecule has 0 rings (SSSR count). The van der Waals surface area contributed by atoms with Crippen LogP contribution in [0.4, 0.5) is 0 Å². The van der Waals surface area contributed by atoms with Gasteiger partial charge in [0.15, 0.2) is 0 Å². The highest BCUT2D eigenvalue weighted by Crippen LogP contribution is 1.90. The molecule has 0 aliphatic heterocycles. The number of aliphatic hydroxyl groups is 1. The van der Waals surface area contributed by atoms with Crippen molar-refractivity contribution in [3.63, 3.8) is 0 Å². The third-order valence-corrected chi connectivity index (χ3v) is 2.06. The fraction of sp³-hybridized carbons (Fsp3) is 0.700. The van der Waals surface area contributed by atoms with E-state index in [1.54, 1.807) is 0 Å². The number of aliphatic hydroxyl groups excluding tert-OH is 1. The molecule has 4 heteroatoms. The number of carbonyl (C=O) groups is 1. The Morgan fingerprint density at radius 2 is 2.14 bits per heavy atom. The van der Waals surface area contributed by atoms with Crippen LogP contribution in [0.25, 0.3) is 0 Å². The van der Waals surface area contributed by atoms with Crippen molar-refractivity contribution in [1.29, 1.82) is 0 Å². The molecule has 0 saturated carbocycles. The van der Waals surface area contributed by atoms with Crippen molar-refractivity contribution in [2.45, 2.75) is 20.0 Å². The molecule has 1 atom stereocenters. The Hall–Kier alpha value is -0.870. The molecule has 0 bridgehead atoms. The number of nitrogens with one attached hydrogen (secondary N) is 1. The lowest BCUT2D eigenvalue weighted by molar-refractivity contribution is -0.117. The summed E-state index contributed by atoms with van der Waals surface area (Å²) >= 11 is 0. The first-order chi connectivity index (χ1) is 6.63. The Morgan fingerprint density at radius 3 is 2.57 bits per heavy atom. The summed E-state index contributed by atoms with van der Waals surface area (Å²) < 4.78 is 0. The van der Waals surface area contributed by atoms with E-state index in [1.165, 1.54) is 6.08 Å². The van der Waals surface area contributed by atoms with Crippen molar-refractivity contribution >= 4 is 5.91 Å². The average molecular weight is 200 g/mol. The Kier molecular flexibility index (Phi) is 7.06. The van der Waals surface area contributed by atoms with Crippen LogP contribution < -0.4 is 5.32 Å². The van der Waals surface area contributed by atoms with E-state index in [0.717, 1.165) is 13.1 Å². The van der Waals surface area contributed by atoms with Crippen LogP contribution >= 0.6 is 0 Å². The van der Waals surface area contributed by atoms with Gasteiger partial charge in [0.25, 0.3) is 0 Å². The molecule has 0 saturated heterocycles. The minimum atomic E-state index is -0.515. The second-order valence-corrected chi connectivity index (χ2v) is 3.09. The summed E-state index contributed by atoms with van der Waals surface area (Å²) in [6.07, 6.45) is 0.684. The van der Waals surface area contributed by atoms with E-state index in [0.29, 0.717) is 6.54 Å². The van der Waals surface area contributed by atoms with Gasteiger partial charge in [-0.2, -0.15) is 0 Å². The quantitative estimate of drug-likeness (QED) is 0.568. The smallest absolute Gasteiger partial charge is 0.243 e. The molecular weight excluding hydrogens is 180 g/mol. The van der Waals surface area contributed by atoms with E-state index < -0.39 is 6.10 Å². The predicted octanol–water partition coefficient (Wildman–Crippen LogP) is -0.00870. The molecule has 82 valence electrons. The van der Waals surface area contributed by atoms with E-state index in [9.17, 15) is 9.90 Å². The minimum absolute atomic E-state index is 0.247. The Bertz CT molecular complexity index is 179. The summed E-state index contributed by atoms with van der Waals surface area (Å²) in [5.41, 5.74) is 0. The molecule has 0 aromatic carbocycles. The maximum absolute atomic E-state index is 10.8. The van der Waals surface area contributed by atoms with E-state index >= 15 is 0 Å². The highest BCUT2D eigenvalue weighted by Gasteiger charge is 2.08. The number of likely N-dealkylation sites (N-methyl/N-ethyl adjacent to an activating group) is 1. The van der Waals surface area contributed by atoms with Gasteiger partial charge in [-0.05, 0) is 19.2 Å². The van der Waals surface area contributed by atoms with Crippen LogP contribution in [0.15, 0.2) is 12.7 Å². The molecule has 14 heavy (non-hydrogen) atoms. The van der Waals surface area contributed by atoms with Gasteiger partial charge < -0.3 is 15.3 Å². The van der Waals surface area contributed by atoms with E-state index in [4.69, 9.17) is 0 Å². The molecule has 2 N–H and O–H groups in total. The number of hydrogen-bond donors (Lipinski definition) is 2. The van der Waals surface area contributed by atoms with Crippen LogP contribution in [0.3, 0.4) is 0 Å². The normalized spacial score (nSPS) is 12.6. The highest BCUT2D eigenvalue weighted by molar-refractivity contribution is 5.86. The molecule has 0 radical (unpaired) electrons. The second-order valence-electron chi connectivity index (χ2n) is 3.09. The summed E-state index contributed by atoms with van der Waals surface area (Å²) in [4.78, 5) is 12.9. The monoisotopic (exact) mass is 200 g/mol. The maximum atomic E-state index is 10.8. The van der Waals surface area contributed by atoms with Crippen molar-refractivity contribution < 1.29 is 9.90 Å². The number of hydrogen-bond acceptors (Lipinski definition) is 3. The van der Waals surface area contributed by atoms with Gasteiger partial charge in [-0.25, -0.2) is 0 Å². The van der Waals surface area contributed by atoms with Gasteiger partial charge in [-0.3, -0.25) is 4.79 Å². The minimum Gasteiger partial charge on any atom is -0.390 e. The van der Waals surface area contributed by atoms with Gasteiger partial charge in [0, 0.05) is 13.1 Å². The molecular formula is C10H20N2O2. The summed E-state index contributed by atoms with van der Waals surface area (Å²) in [6.45, 7) is 10.1. The van der Waals surface area contributed by atoms with Crippen molar-refractivity contribution in [3.05, 3.63) is 12.7 Å². The molecule has 0 fully saturated rings. The van der Waals surface area contributed by atoms with Crippen LogP contribution in [0.1, 0.15) is 13.8 Å². The number of rotatable bonds is 7. The van der Waals surface area contributed by atoms with Gasteiger partial charge in [-0.15, -0.1) is 0 Å². The summed E-state index contributed by atoms with van der Waals surface area (Å²) in [5.74, 6) is -0.247. The van der Waals surface area contributed by atoms with E-state index in [1.807, 2.05) is 13.8 Å². The van der Waals surface area contributed by atoms with Crippen LogP contribution in [-0.2, 0) is 4.79 Å². The Morgan fingerprint density at radius 1 is 1.57 bits per heavy atom. The maximum Gasteiger partial charge on any atom is 0.243 e. The largest absolute Gasteiger partial charge is 0.390 e. The second kappa shape index (κ2) is 7.53. The average Bonchev–Trinajstić information content (AvgIpc) is 2.22. The molecule has 1 amide bonds. The number of carbonyl (C=O) groups excluding carboxylic acids is 1. The Labute approximate surface area is 85.6 Å². The molecule has 0 aromatic rings. The zero-order chi connectivity index (χ0) is 11.0. The molecule has 1 unspecified atom stereocenters. The van der Waals surface area contributed by atoms with Gasteiger partial charge in [0.2, 0.25) is 5.91 Å². The van der Waals surface area contributed by atoms with Crippen molar-refractivity contribution in [2.24, 2.45) is 0 Å². The first kappa shape index (κ1) is 13.1. The van der Waals surface area contributed by atoms with Crippen molar-refractivity contribution in [2.75, 3.05) is 26.2 Å². The number of nitrogens with zero attached hydrogens (tertiary/aromatic N) is 1. The van der Waals surface area contributed by atoms with E-state index in [-0.39, 0.29) is 12.5 Å². The molecule has 0 aromatic heterocycles. The molecule has 0 aliphatic rings. The number of amides is 1. The lowest BCUT2D eigenvalue weighted by Gasteiger charge is -2.21. The lowest BCUT2D eigenvalue weighted by Crippen LogP contribution is -2.39. The van der Waals surface area contributed by atoms with Crippen LogP contribution in [0.2, 0.25) is 0 Å².